The fourth-order valence-corrected chi connectivity index (χ4v) is 1.51. The van der Waals surface area contributed by atoms with E-state index in [4.69, 9.17) is 9.84 Å². The lowest BCUT2D eigenvalue weighted by Crippen LogP contribution is -2.26. The third kappa shape index (κ3) is 3.67. The molecule has 0 amide bonds. The molecule has 0 aliphatic heterocycles. The Balaban J connectivity index is 2.77. The van der Waals surface area contributed by atoms with E-state index >= 15 is 0 Å². The second kappa shape index (κ2) is 5.69. The lowest BCUT2D eigenvalue weighted by Gasteiger charge is -2.18. The van der Waals surface area contributed by atoms with Gasteiger partial charge in [-0.3, -0.25) is 14.9 Å². The van der Waals surface area contributed by atoms with Crippen LogP contribution >= 0.6 is 0 Å². The van der Waals surface area contributed by atoms with E-state index in [-0.39, 0.29) is 24.5 Å². The number of hydrogen-bond donors (Lipinski definition) is 1. The molecular formula is C13H17NO5. The number of carboxylic acid groups (broad SMARTS) is 1. The number of benzene rings is 1. The number of hydrogen-bond acceptors (Lipinski definition) is 4. The van der Waals surface area contributed by atoms with Gasteiger partial charge in [-0.1, -0.05) is 12.1 Å². The zero-order valence-electron chi connectivity index (χ0n) is 11.2. The van der Waals surface area contributed by atoms with Crippen molar-refractivity contribution in [2.24, 2.45) is 5.41 Å². The highest BCUT2D eigenvalue weighted by atomic mass is 16.6. The van der Waals surface area contributed by atoms with Crippen molar-refractivity contribution in [3.05, 3.63) is 33.9 Å². The summed E-state index contributed by atoms with van der Waals surface area (Å²) in [6.45, 7) is 4.92. The lowest BCUT2D eigenvalue weighted by molar-refractivity contribution is -0.386. The third-order valence-corrected chi connectivity index (χ3v) is 2.95. The van der Waals surface area contributed by atoms with E-state index in [1.54, 1.807) is 32.9 Å². The molecule has 19 heavy (non-hydrogen) atoms. The van der Waals surface area contributed by atoms with Gasteiger partial charge in [0, 0.05) is 5.56 Å². The minimum absolute atomic E-state index is 0.0735. The van der Waals surface area contributed by atoms with Crippen LogP contribution in [0, 0.1) is 22.5 Å². The van der Waals surface area contributed by atoms with Gasteiger partial charge in [0.1, 0.15) is 0 Å². The highest BCUT2D eigenvalue weighted by molar-refractivity contribution is 5.73. The Labute approximate surface area is 111 Å². The fraction of sp³-hybridized carbons (Fsp3) is 0.462. The van der Waals surface area contributed by atoms with Crippen LogP contribution in [-0.2, 0) is 4.79 Å². The van der Waals surface area contributed by atoms with Crippen LogP contribution in [-0.4, -0.2) is 22.6 Å². The van der Waals surface area contributed by atoms with E-state index in [0.717, 1.165) is 0 Å². The van der Waals surface area contributed by atoms with E-state index in [9.17, 15) is 14.9 Å². The first kappa shape index (κ1) is 14.9. The van der Waals surface area contributed by atoms with Gasteiger partial charge < -0.3 is 9.84 Å². The summed E-state index contributed by atoms with van der Waals surface area (Å²) in [5.74, 6) is -0.749. The number of aryl methyl sites for hydroxylation is 1. The Morgan fingerprint density at radius 1 is 1.47 bits per heavy atom. The number of aliphatic carboxylic acids is 1. The Morgan fingerprint density at radius 2 is 2.11 bits per heavy atom. The minimum Gasteiger partial charge on any atom is -0.487 e. The number of nitro benzene ring substituents is 1. The third-order valence-electron chi connectivity index (χ3n) is 2.95. The van der Waals surface area contributed by atoms with Crippen LogP contribution in [0.1, 0.15) is 25.8 Å². The topological polar surface area (TPSA) is 89.7 Å². The molecule has 0 saturated carbocycles. The highest BCUT2D eigenvalue weighted by Crippen LogP contribution is 2.31. The van der Waals surface area contributed by atoms with Crippen molar-refractivity contribution in [1.82, 2.24) is 0 Å². The molecule has 6 nitrogen and oxygen atoms in total. The second-order valence-electron chi connectivity index (χ2n) is 4.97. The summed E-state index contributed by atoms with van der Waals surface area (Å²) in [5, 5.41) is 19.9. The van der Waals surface area contributed by atoms with Crippen LogP contribution < -0.4 is 4.74 Å². The van der Waals surface area contributed by atoms with Gasteiger partial charge in [0.25, 0.3) is 0 Å². The van der Waals surface area contributed by atoms with Gasteiger partial charge in [-0.15, -0.1) is 0 Å². The first-order valence-corrected chi connectivity index (χ1v) is 5.86. The summed E-state index contributed by atoms with van der Waals surface area (Å²) in [4.78, 5) is 21.4. The molecule has 0 unspecified atom stereocenters. The van der Waals surface area contributed by atoms with Crippen molar-refractivity contribution in [3.63, 3.8) is 0 Å². The van der Waals surface area contributed by atoms with E-state index in [1.165, 1.54) is 6.07 Å². The average Bonchev–Trinajstić information content (AvgIpc) is 2.27. The van der Waals surface area contributed by atoms with Gasteiger partial charge in [-0.25, -0.2) is 0 Å². The van der Waals surface area contributed by atoms with Crippen molar-refractivity contribution < 1.29 is 19.6 Å². The number of carbonyl (C=O) groups is 1. The Morgan fingerprint density at radius 3 is 2.63 bits per heavy atom. The smallest absolute Gasteiger partial charge is 0.313 e. The zero-order valence-corrected chi connectivity index (χ0v) is 11.2. The molecule has 0 heterocycles. The molecule has 0 aromatic heterocycles. The first-order chi connectivity index (χ1) is 8.75. The van der Waals surface area contributed by atoms with Gasteiger partial charge in [0.05, 0.1) is 16.9 Å². The normalized spacial score (nSPS) is 11.1. The summed E-state index contributed by atoms with van der Waals surface area (Å²) < 4.78 is 5.36. The van der Waals surface area contributed by atoms with Gasteiger partial charge in [0.2, 0.25) is 0 Å². The van der Waals surface area contributed by atoms with E-state index < -0.39 is 16.3 Å². The monoisotopic (exact) mass is 267 g/mol. The molecule has 1 rings (SSSR count). The molecule has 1 aromatic rings. The number of nitrogens with zero attached hydrogens (tertiary/aromatic N) is 1. The quantitative estimate of drug-likeness (QED) is 0.632. The zero-order chi connectivity index (χ0) is 14.6. The van der Waals surface area contributed by atoms with Gasteiger partial charge >= 0.3 is 11.7 Å². The molecular weight excluding hydrogens is 250 g/mol. The minimum atomic E-state index is -0.921. The molecule has 1 aromatic carbocycles. The molecule has 104 valence electrons. The van der Waals surface area contributed by atoms with Crippen molar-refractivity contribution >= 4 is 11.7 Å². The molecule has 0 aliphatic carbocycles. The Bertz CT molecular complexity index is 496. The fourth-order valence-electron chi connectivity index (χ4n) is 1.51. The molecule has 0 spiro atoms. The van der Waals surface area contributed by atoms with Crippen LogP contribution in [0.15, 0.2) is 18.2 Å². The maximum Gasteiger partial charge on any atom is 0.313 e. The predicted octanol–water partition coefficient (Wildman–Crippen LogP) is 2.78. The van der Waals surface area contributed by atoms with Crippen LogP contribution in [0.3, 0.4) is 0 Å². The summed E-state index contributed by atoms with van der Waals surface area (Å²) >= 11 is 0. The number of ether oxygens (including phenoxy) is 1. The lowest BCUT2D eigenvalue weighted by atomic mass is 9.90. The van der Waals surface area contributed by atoms with Gasteiger partial charge in [-0.05, 0) is 33.3 Å². The van der Waals surface area contributed by atoms with Crippen molar-refractivity contribution in [3.8, 4) is 5.75 Å². The molecule has 0 saturated heterocycles. The van der Waals surface area contributed by atoms with Gasteiger partial charge in [-0.2, -0.15) is 0 Å². The standard InChI is InChI=1S/C13H17NO5/c1-9-5-4-6-10(11(9)14(17)18)19-8-7-13(2,3)12(15)16/h4-6H,7-8H2,1-3H3,(H,15,16). The van der Waals surface area contributed by atoms with E-state index in [1.807, 2.05) is 0 Å². The summed E-state index contributed by atoms with van der Waals surface area (Å²) in [6, 6.07) is 4.81. The van der Waals surface area contributed by atoms with Crippen LogP contribution in [0.2, 0.25) is 0 Å². The van der Waals surface area contributed by atoms with Gasteiger partial charge in [0.15, 0.2) is 5.75 Å². The van der Waals surface area contributed by atoms with E-state index in [2.05, 4.69) is 0 Å². The highest BCUT2D eigenvalue weighted by Gasteiger charge is 2.27. The number of carboxylic acids is 1. The van der Waals surface area contributed by atoms with Crippen LogP contribution in [0.5, 0.6) is 5.75 Å². The second-order valence-corrected chi connectivity index (χ2v) is 4.97. The summed E-state index contributed by atoms with van der Waals surface area (Å²) in [7, 11) is 0. The first-order valence-electron chi connectivity index (χ1n) is 5.86. The number of nitro groups is 1. The molecule has 6 heteroatoms. The Kier molecular flexibility index (Phi) is 4.47. The molecule has 1 N–H and O–H groups in total. The van der Waals surface area contributed by atoms with Crippen molar-refractivity contribution in [2.45, 2.75) is 27.2 Å². The Hall–Kier alpha value is -2.11. The van der Waals surface area contributed by atoms with Crippen LogP contribution in [0.25, 0.3) is 0 Å². The van der Waals surface area contributed by atoms with Crippen molar-refractivity contribution in [2.75, 3.05) is 6.61 Å². The SMILES string of the molecule is Cc1cccc(OCCC(C)(C)C(=O)O)c1[N+](=O)[O-]. The molecule has 0 atom stereocenters. The molecule has 0 aliphatic rings. The molecule has 0 radical (unpaired) electrons. The van der Waals surface area contributed by atoms with E-state index in [0.29, 0.717) is 5.56 Å². The predicted molar refractivity (Wildman–Crippen MR) is 69.4 cm³/mol. The number of rotatable bonds is 6. The maximum absolute atomic E-state index is 10.9. The summed E-state index contributed by atoms with van der Waals surface area (Å²) in [6.07, 6.45) is 0.271. The summed E-state index contributed by atoms with van der Waals surface area (Å²) in [5.41, 5.74) is -0.478. The number of para-hydroxylation sites is 1. The largest absolute Gasteiger partial charge is 0.487 e. The average molecular weight is 267 g/mol. The maximum atomic E-state index is 10.9. The van der Waals surface area contributed by atoms with Crippen molar-refractivity contribution in [1.29, 1.82) is 0 Å². The molecule has 0 fully saturated rings. The van der Waals surface area contributed by atoms with Crippen LogP contribution in [0.4, 0.5) is 5.69 Å². The molecule has 0 bridgehead atoms.